The van der Waals surface area contributed by atoms with E-state index in [1.54, 1.807) is 0 Å². The molecule has 1 unspecified atom stereocenters. The molecule has 3 heteroatoms. The average Bonchev–Trinajstić information content (AvgIpc) is 2.69. The van der Waals surface area contributed by atoms with Gasteiger partial charge < -0.3 is 10.2 Å². The lowest BCUT2D eigenvalue weighted by molar-refractivity contribution is -0.137. The van der Waals surface area contributed by atoms with Crippen molar-refractivity contribution in [2.75, 3.05) is 6.54 Å². The van der Waals surface area contributed by atoms with E-state index < -0.39 is 0 Å². The lowest BCUT2D eigenvalue weighted by Crippen LogP contribution is -2.51. The molecule has 2 fully saturated rings. The van der Waals surface area contributed by atoms with Crippen LogP contribution in [-0.4, -0.2) is 29.4 Å². The van der Waals surface area contributed by atoms with Gasteiger partial charge >= 0.3 is 0 Å². The Morgan fingerprint density at radius 1 is 0.960 bits per heavy atom. The van der Waals surface area contributed by atoms with Crippen LogP contribution in [0.25, 0.3) is 0 Å². The fourth-order valence-corrected chi connectivity index (χ4v) is 4.62. The normalized spacial score (nSPS) is 21.0. The first kappa shape index (κ1) is 18.4. The summed E-state index contributed by atoms with van der Waals surface area (Å²) < 4.78 is 0. The number of hydrogen-bond acceptors (Lipinski definition) is 2. The van der Waals surface area contributed by atoms with Crippen molar-refractivity contribution in [3.63, 3.8) is 0 Å². The number of benzene rings is 1. The summed E-state index contributed by atoms with van der Waals surface area (Å²) in [6, 6.07) is 11.6. The summed E-state index contributed by atoms with van der Waals surface area (Å²) >= 11 is 0. The van der Waals surface area contributed by atoms with Gasteiger partial charge in [-0.05, 0) is 38.2 Å². The zero-order valence-corrected chi connectivity index (χ0v) is 15.8. The first-order valence-corrected chi connectivity index (χ1v) is 10.3. The Kier molecular flexibility index (Phi) is 6.92. The molecule has 1 atom stereocenters. The van der Waals surface area contributed by atoms with Crippen LogP contribution >= 0.6 is 0 Å². The van der Waals surface area contributed by atoms with Crippen molar-refractivity contribution in [1.82, 2.24) is 10.2 Å². The molecule has 0 aliphatic heterocycles. The van der Waals surface area contributed by atoms with Gasteiger partial charge in [-0.1, -0.05) is 68.9 Å². The van der Waals surface area contributed by atoms with Crippen molar-refractivity contribution in [2.45, 2.75) is 89.3 Å². The Hall–Kier alpha value is -1.35. The Bertz CT molecular complexity index is 500. The second-order valence-electron chi connectivity index (χ2n) is 7.90. The highest BCUT2D eigenvalue weighted by Gasteiger charge is 2.32. The van der Waals surface area contributed by atoms with Crippen LogP contribution < -0.4 is 5.32 Å². The molecule has 0 spiro atoms. The minimum absolute atomic E-state index is 0.213. The lowest BCUT2D eigenvalue weighted by Gasteiger charge is -2.42. The van der Waals surface area contributed by atoms with E-state index in [0.29, 0.717) is 24.5 Å². The zero-order valence-electron chi connectivity index (χ0n) is 15.8. The summed E-state index contributed by atoms with van der Waals surface area (Å²) in [6.07, 6.45) is 12.6. The van der Waals surface area contributed by atoms with Crippen LogP contribution in [0.2, 0.25) is 0 Å². The van der Waals surface area contributed by atoms with E-state index in [1.807, 2.05) is 6.07 Å². The van der Waals surface area contributed by atoms with Crippen molar-refractivity contribution < 1.29 is 4.79 Å². The predicted octanol–water partition coefficient (Wildman–Crippen LogP) is 4.83. The summed E-state index contributed by atoms with van der Waals surface area (Å²) in [4.78, 5) is 15.4. The molecule has 0 saturated heterocycles. The molecule has 25 heavy (non-hydrogen) atoms. The van der Waals surface area contributed by atoms with E-state index in [-0.39, 0.29) is 6.04 Å². The molecule has 0 aromatic heterocycles. The third-order valence-corrected chi connectivity index (χ3v) is 6.08. The molecule has 3 nitrogen and oxygen atoms in total. The number of carbonyl (C=O) groups is 1. The van der Waals surface area contributed by atoms with Crippen LogP contribution in [0, 0.1) is 0 Å². The minimum Gasteiger partial charge on any atom is -0.336 e. The Labute approximate surface area is 153 Å². The number of amides is 1. The van der Waals surface area contributed by atoms with Gasteiger partial charge in [0.2, 0.25) is 5.91 Å². The van der Waals surface area contributed by atoms with Gasteiger partial charge in [0.05, 0.1) is 6.54 Å². The van der Waals surface area contributed by atoms with Gasteiger partial charge in [0, 0.05) is 18.1 Å². The van der Waals surface area contributed by atoms with Gasteiger partial charge in [-0.2, -0.15) is 0 Å². The predicted molar refractivity (Wildman–Crippen MR) is 103 cm³/mol. The fourth-order valence-electron chi connectivity index (χ4n) is 4.62. The Morgan fingerprint density at radius 3 is 2.00 bits per heavy atom. The monoisotopic (exact) mass is 342 g/mol. The molecule has 2 aliphatic carbocycles. The van der Waals surface area contributed by atoms with Gasteiger partial charge in [0.1, 0.15) is 0 Å². The number of hydrogen-bond donors (Lipinski definition) is 1. The van der Waals surface area contributed by atoms with Crippen LogP contribution in [0.4, 0.5) is 0 Å². The molecular weight excluding hydrogens is 308 g/mol. The molecule has 0 radical (unpaired) electrons. The van der Waals surface area contributed by atoms with Crippen molar-refractivity contribution in [2.24, 2.45) is 0 Å². The van der Waals surface area contributed by atoms with Gasteiger partial charge in [0.25, 0.3) is 0 Å². The smallest absolute Gasteiger partial charge is 0.237 e. The number of rotatable bonds is 6. The summed E-state index contributed by atoms with van der Waals surface area (Å²) in [5.74, 6) is 0.321. The van der Waals surface area contributed by atoms with E-state index in [0.717, 1.165) is 0 Å². The molecule has 1 N–H and O–H groups in total. The second-order valence-corrected chi connectivity index (χ2v) is 7.90. The highest BCUT2D eigenvalue weighted by Crippen LogP contribution is 2.30. The van der Waals surface area contributed by atoms with E-state index in [1.165, 1.54) is 69.8 Å². The molecule has 3 rings (SSSR count). The first-order valence-electron chi connectivity index (χ1n) is 10.3. The second kappa shape index (κ2) is 9.38. The Morgan fingerprint density at radius 2 is 1.48 bits per heavy atom. The van der Waals surface area contributed by atoms with Crippen LogP contribution in [0.3, 0.4) is 0 Å². The van der Waals surface area contributed by atoms with Gasteiger partial charge in [-0.3, -0.25) is 4.79 Å². The Balaban J connectivity index is 1.61. The summed E-state index contributed by atoms with van der Waals surface area (Å²) in [5.41, 5.74) is 1.25. The maximum atomic E-state index is 13.1. The SMILES string of the molecule is CC(NCC(=O)N(C1CCCCC1)C1CCCCC1)c1ccccc1. The van der Waals surface area contributed by atoms with E-state index >= 15 is 0 Å². The summed E-state index contributed by atoms with van der Waals surface area (Å²) in [7, 11) is 0. The number of nitrogens with one attached hydrogen (secondary N) is 1. The average molecular weight is 343 g/mol. The van der Waals surface area contributed by atoms with Crippen molar-refractivity contribution in [3.05, 3.63) is 35.9 Å². The fraction of sp³-hybridized carbons (Fsp3) is 0.682. The molecular formula is C22H34N2O. The number of nitrogens with zero attached hydrogens (tertiary/aromatic N) is 1. The maximum Gasteiger partial charge on any atom is 0.237 e. The first-order chi connectivity index (χ1) is 12.3. The maximum absolute atomic E-state index is 13.1. The molecule has 0 bridgehead atoms. The van der Waals surface area contributed by atoms with E-state index in [4.69, 9.17) is 0 Å². The largest absolute Gasteiger partial charge is 0.336 e. The molecule has 2 aliphatic rings. The van der Waals surface area contributed by atoms with E-state index in [9.17, 15) is 4.79 Å². The summed E-state index contributed by atoms with van der Waals surface area (Å²) in [6.45, 7) is 2.61. The van der Waals surface area contributed by atoms with Crippen molar-refractivity contribution in [1.29, 1.82) is 0 Å². The lowest BCUT2D eigenvalue weighted by atomic mass is 9.88. The highest BCUT2D eigenvalue weighted by atomic mass is 16.2. The molecule has 1 aromatic rings. The molecule has 2 saturated carbocycles. The highest BCUT2D eigenvalue weighted by molar-refractivity contribution is 5.79. The van der Waals surface area contributed by atoms with Crippen molar-refractivity contribution in [3.8, 4) is 0 Å². The van der Waals surface area contributed by atoms with Crippen LogP contribution in [0.5, 0.6) is 0 Å². The van der Waals surface area contributed by atoms with Crippen molar-refractivity contribution >= 4 is 5.91 Å². The quantitative estimate of drug-likeness (QED) is 0.803. The third-order valence-electron chi connectivity index (χ3n) is 6.08. The summed E-state index contributed by atoms with van der Waals surface area (Å²) in [5, 5.41) is 3.47. The zero-order chi connectivity index (χ0) is 17.5. The van der Waals surface area contributed by atoms with Gasteiger partial charge in [0.15, 0.2) is 0 Å². The topological polar surface area (TPSA) is 32.3 Å². The standard InChI is InChI=1S/C22H34N2O/c1-18(19-11-5-2-6-12-19)23-17-22(25)24(20-13-7-3-8-14-20)21-15-9-4-10-16-21/h2,5-6,11-12,18,20-21,23H,3-4,7-10,13-17H2,1H3. The molecule has 1 aromatic carbocycles. The molecule has 0 heterocycles. The van der Waals surface area contributed by atoms with Crippen LogP contribution in [0.15, 0.2) is 30.3 Å². The number of carbonyl (C=O) groups excluding carboxylic acids is 1. The minimum atomic E-state index is 0.213. The van der Waals surface area contributed by atoms with Gasteiger partial charge in [-0.25, -0.2) is 0 Å². The van der Waals surface area contributed by atoms with Crippen LogP contribution in [-0.2, 0) is 4.79 Å². The van der Waals surface area contributed by atoms with Crippen LogP contribution in [0.1, 0.15) is 82.7 Å². The van der Waals surface area contributed by atoms with Gasteiger partial charge in [-0.15, -0.1) is 0 Å². The van der Waals surface area contributed by atoms with E-state index in [2.05, 4.69) is 41.4 Å². The third kappa shape index (κ3) is 5.07. The molecule has 138 valence electrons. The molecule has 1 amide bonds.